The summed E-state index contributed by atoms with van der Waals surface area (Å²) in [6.45, 7) is 5.30. The van der Waals surface area contributed by atoms with Gasteiger partial charge in [0.25, 0.3) is 5.69 Å². The van der Waals surface area contributed by atoms with Gasteiger partial charge < -0.3 is 4.90 Å². The molecule has 0 saturated heterocycles. The third-order valence-corrected chi connectivity index (χ3v) is 6.82. The van der Waals surface area contributed by atoms with E-state index < -0.39 is 20.6 Å². The van der Waals surface area contributed by atoms with Gasteiger partial charge in [0.05, 0.1) is 9.82 Å². The first-order chi connectivity index (χ1) is 14.0. The van der Waals surface area contributed by atoms with Crippen LogP contribution >= 0.6 is 11.6 Å². The second kappa shape index (κ2) is 10.3. The Labute approximate surface area is 183 Å². The maximum atomic E-state index is 13.4. The molecule has 30 heavy (non-hydrogen) atoms. The van der Waals surface area contributed by atoms with Crippen LogP contribution in [0.3, 0.4) is 0 Å². The van der Waals surface area contributed by atoms with Gasteiger partial charge in [-0.25, -0.2) is 8.42 Å². The summed E-state index contributed by atoms with van der Waals surface area (Å²) in [4.78, 5) is 12.5. The zero-order valence-corrected chi connectivity index (χ0v) is 19.3. The Hall–Kier alpha value is -2.00. The molecule has 0 atom stereocenters. The third-order valence-electron chi connectivity index (χ3n) is 4.66. The summed E-state index contributed by atoms with van der Waals surface area (Å²) in [7, 11) is -0.00356. The standard InChI is InChI=1S/C21H28ClN3O4S/c1-16-11-17(2)13-18(12-16)15-24(10-6-5-9-23(3)4)30(28,29)19-7-8-20(22)21(14-19)25(26)27/h7-8,11-14H,5-6,9-10,15H2,1-4H3. The van der Waals surface area contributed by atoms with Gasteiger partial charge >= 0.3 is 0 Å². The predicted octanol–water partition coefficient (Wildman–Crippen LogP) is 4.40. The fourth-order valence-electron chi connectivity index (χ4n) is 3.31. The van der Waals surface area contributed by atoms with Gasteiger partial charge in [-0.1, -0.05) is 40.9 Å². The molecule has 2 aromatic rings. The quantitative estimate of drug-likeness (QED) is 0.302. The van der Waals surface area contributed by atoms with Crippen LogP contribution in [-0.4, -0.2) is 49.7 Å². The van der Waals surface area contributed by atoms with Crippen LogP contribution in [0.5, 0.6) is 0 Å². The van der Waals surface area contributed by atoms with Gasteiger partial charge in [0.15, 0.2) is 0 Å². The number of nitro groups is 1. The van der Waals surface area contributed by atoms with Crippen molar-refractivity contribution >= 4 is 27.3 Å². The molecule has 0 spiro atoms. The molecule has 7 nitrogen and oxygen atoms in total. The summed E-state index contributed by atoms with van der Waals surface area (Å²) in [6, 6.07) is 9.56. The van der Waals surface area contributed by atoms with Crippen LogP contribution in [0.4, 0.5) is 5.69 Å². The number of hydrogen-bond donors (Lipinski definition) is 0. The monoisotopic (exact) mass is 453 g/mol. The molecule has 0 heterocycles. The van der Waals surface area contributed by atoms with Crippen molar-refractivity contribution in [3.05, 3.63) is 68.2 Å². The number of sulfonamides is 1. The highest BCUT2D eigenvalue weighted by atomic mass is 35.5. The van der Waals surface area contributed by atoms with Crippen LogP contribution in [0.25, 0.3) is 0 Å². The van der Waals surface area contributed by atoms with Gasteiger partial charge in [0, 0.05) is 19.2 Å². The normalized spacial score (nSPS) is 12.0. The number of nitrogens with zero attached hydrogens (tertiary/aromatic N) is 3. The van der Waals surface area contributed by atoms with E-state index in [1.807, 2.05) is 51.0 Å². The van der Waals surface area contributed by atoms with Crippen molar-refractivity contribution in [3.63, 3.8) is 0 Å². The van der Waals surface area contributed by atoms with Gasteiger partial charge in [0.2, 0.25) is 10.0 Å². The molecule has 0 radical (unpaired) electrons. The number of halogens is 1. The number of aryl methyl sites for hydroxylation is 2. The molecule has 0 aliphatic heterocycles. The van der Waals surface area contributed by atoms with E-state index in [2.05, 4.69) is 0 Å². The molecule has 9 heteroatoms. The molecule has 164 valence electrons. The number of nitro benzene ring substituents is 1. The van der Waals surface area contributed by atoms with E-state index >= 15 is 0 Å². The third kappa shape index (κ3) is 6.50. The summed E-state index contributed by atoms with van der Waals surface area (Å²) in [5.74, 6) is 0. The van der Waals surface area contributed by atoms with E-state index in [9.17, 15) is 18.5 Å². The fraction of sp³-hybridized carbons (Fsp3) is 0.429. The molecule has 2 rings (SSSR count). The van der Waals surface area contributed by atoms with Crippen LogP contribution in [0.1, 0.15) is 29.5 Å². The van der Waals surface area contributed by atoms with E-state index in [-0.39, 0.29) is 16.5 Å². The highest BCUT2D eigenvalue weighted by Crippen LogP contribution is 2.29. The van der Waals surface area contributed by atoms with E-state index in [0.717, 1.165) is 35.7 Å². The highest BCUT2D eigenvalue weighted by Gasteiger charge is 2.27. The Morgan fingerprint density at radius 2 is 1.60 bits per heavy atom. The smallest absolute Gasteiger partial charge is 0.289 e. The van der Waals surface area contributed by atoms with Crippen molar-refractivity contribution in [3.8, 4) is 0 Å². The zero-order valence-electron chi connectivity index (χ0n) is 17.8. The Bertz CT molecular complexity index is 989. The Morgan fingerprint density at radius 1 is 1.00 bits per heavy atom. The molecule has 0 aliphatic rings. The van der Waals surface area contributed by atoms with Crippen LogP contribution in [0, 0.1) is 24.0 Å². The van der Waals surface area contributed by atoms with Gasteiger partial charge in [-0.3, -0.25) is 10.1 Å². The minimum absolute atomic E-state index is 0.0919. The van der Waals surface area contributed by atoms with E-state index in [4.69, 9.17) is 11.6 Å². The summed E-state index contributed by atoms with van der Waals surface area (Å²) >= 11 is 5.86. The summed E-state index contributed by atoms with van der Waals surface area (Å²) in [5.41, 5.74) is 2.57. The van der Waals surface area contributed by atoms with E-state index in [1.54, 1.807) is 0 Å². The lowest BCUT2D eigenvalue weighted by atomic mass is 10.1. The molecule has 0 unspecified atom stereocenters. The number of unbranched alkanes of at least 4 members (excludes halogenated alkanes) is 1. The first kappa shape index (κ1) is 24.3. The molecule has 0 saturated carbocycles. The molecule has 0 bridgehead atoms. The topological polar surface area (TPSA) is 83.8 Å². The second-order valence-corrected chi connectivity index (χ2v) is 10.1. The minimum atomic E-state index is -3.94. The van der Waals surface area contributed by atoms with Crippen LogP contribution < -0.4 is 0 Å². The molecule has 0 aromatic heterocycles. The average Bonchev–Trinajstić information content (AvgIpc) is 2.63. The van der Waals surface area contributed by atoms with Gasteiger partial charge in [0.1, 0.15) is 5.02 Å². The van der Waals surface area contributed by atoms with E-state index in [0.29, 0.717) is 13.0 Å². The maximum absolute atomic E-state index is 13.4. The number of hydrogen-bond acceptors (Lipinski definition) is 5. The van der Waals surface area contributed by atoms with Crippen molar-refractivity contribution in [1.82, 2.24) is 9.21 Å². The van der Waals surface area contributed by atoms with Gasteiger partial charge in [-0.2, -0.15) is 4.31 Å². The van der Waals surface area contributed by atoms with Crippen molar-refractivity contribution in [2.24, 2.45) is 0 Å². The highest BCUT2D eigenvalue weighted by molar-refractivity contribution is 7.89. The lowest BCUT2D eigenvalue weighted by molar-refractivity contribution is -0.384. The lowest BCUT2D eigenvalue weighted by Gasteiger charge is -2.23. The molecule has 0 aliphatic carbocycles. The van der Waals surface area contributed by atoms with E-state index in [1.165, 1.54) is 16.4 Å². The molecule has 0 fully saturated rings. The van der Waals surface area contributed by atoms with Crippen LogP contribution in [-0.2, 0) is 16.6 Å². The minimum Gasteiger partial charge on any atom is -0.309 e. The van der Waals surface area contributed by atoms with Crippen LogP contribution in [0.2, 0.25) is 5.02 Å². The van der Waals surface area contributed by atoms with Crippen molar-refractivity contribution in [1.29, 1.82) is 0 Å². The fourth-order valence-corrected chi connectivity index (χ4v) is 4.98. The summed E-state index contributed by atoms with van der Waals surface area (Å²) in [5, 5.41) is 11.1. The van der Waals surface area contributed by atoms with Crippen molar-refractivity contribution < 1.29 is 13.3 Å². The molecular formula is C21H28ClN3O4S. The number of rotatable bonds is 10. The van der Waals surface area contributed by atoms with Gasteiger partial charge in [-0.05, 0) is 65.0 Å². The van der Waals surface area contributed by atoms with Gasteiger partial charge in [-0.15, -0.1) is 0 Å². The average molecular weight is 454 g/mol. The zero-order chi connectivity index (χ0) is 22.5. The molecule has 2 aromatic carbocycles. The number of benzene rings is 2. The Kier molecular flexibility index (Phi) is 8.37. The second-order valence-electron chi connectivity index (χ2n) is 7.72. The molecule has 0 N–H and O–H groups in total. The SMILES string of the molecule is Cc1cc(C)cc(CN(CCCCN(C)C)S(=O)(=O)c2ccc(Cl)c([N+](=O)[O-])c2)c1. The Morgan fingerprint density at radius 3 is 2.17 bits per heavy atom. The molecule has 0 amide bonds. The summed E-state index contributed by atoms with van der Waals surface area (Å²) in [6.07, 6.45) is 1.52. The predicted molar refractivity (Wildman–Crippen MR) is 119 cm³/mol. The lowest BCUT2D eigenvalue weighted by Crippen LogP contribution is -2.32. The van der Waals surface area contributed by atoms with Crippen LogP contribution in [0.15, 0.2) is 41.3 Å². The van der Waals surface area contributed by atoms with Crippen molar-refractivity contribution in [2.75, 3.05) is 27.2 Å². The largest absolute Gasteiger partial charge is 0.309 e. The Balaban J connectivity index is 2.38. The van der Waals surface area contributed by atoms with Crippen molar-refractivity contribution in [2.45, 2.75) is 38.1 Å². The first-order valence-electron chi connectivity index (χ1n) is 9.66. The maximum Gasteiger partial charge on any atom is 0.289 e. The summed E-state index contributed by atoms with van der Waals surface area (Å²) < 4.78 is 28.1. The molecular weight excluding hydrogens is 426 g/mol. The first-order valence-corrected chi connectivity index (χ1v) is 11.5.